The van der Waals surface area contributed by atoms with E-state index < -0.39 is 17.5 Å². The molecule has 0 bridgehead atoms. The maximum absolute atomic E-state index is 10.8. The molecule has 4 nitrogen and oxygen atoms in total. The van der Waals surface area contributed by atoms with Crippen molar-refractivity contribution >= 4 is 11.9 Å². The number of rotatable bonds is 1. The summed E-state index contributed by atoms with van der Waals surface area (Å²) in [5.74, 6) is -2.64. The summed E-state index contributed by atoms with van der Waals surface area (Å²) in [5.41, 5.74) is -0.548. The molecule has 0 unspecified atom stereocenters. The molecule has 1 rings (SSSR count). The van der Waals surface area contributed by atoms with Crippen molar-refractivity contribution in [2.24, 2.45) is 0 Å². The number of ether oxygens (including phenoxy) is 1. The molecule has 0 heterocycles. The van der Waals surface area contributed by atoms with Gasteiger partial charge in [0, 0.05) is 0 Å². The summed E-state index contributed by atoms with van der Waals surface area (Å²) in [7, 11) is 0. The van der Waals surface area contributed by atoms with Crippen molar-refractivity contribution in [3.8, 4) is 0 Å². The van der Waals surface area contributed by atoms with E-state index in [-0.39, 0.29) is 70.3 Å². The summed E-state index contributed by atoms with van der Waals surface area (Å²) in [6.45, 7) is 1.80. The zero-order valence-corrected chi connectivity index (χ0v) is 15.0. The second kappa shape index (κ2) is 6.55. The Bertz CT molecular complexity index is 226. The molecule has 0 aliphatic heterocycles. The van der Waals surface area contributed by atoms with Crippen LogP contribution in [0.15, 0.2) is 0 Å². The number of carbonyl (C=O) groups excluding carboxylic acids is 1. The SMILES string of the molecule is CC1(OC(=O)C(=O)O)CCCCC1.[Cs+].[H-]. The monoisotopic (exact) mass is 320 g/mol. The third-order valence-electron chi connectivity index (χ3n) is 2.42. The van der Waals surface area contributed by atoms with Gasteiger partial charge in [-0.2, -0.15) is 0 Å². The van der Waals surface area contributed by atoms with Crippen LogP contribution in [0.1, 0.15) is 40.5 Å². The van der Waals surface area contributed by atoms with Crippen LogP contribution in [0, 0.1) is 0 Å². The molecule has 1 saturated carbocycles. The summed E-state index contributed by atoms with van der Waals surface area (Å²) in [4.78, 5) is 21.0. The molecule has 1 aliphatic rings. The largest absolute Gasteiger partial charge is 1.00 e. The average molecular weight is 320 g/mol. The second-order valence-corrected chi connectivity index (χ2v) is 3.71. The van der Waals surface area contributed by atoms with Crippen LogP contribution in [0.4, 0.5) is 0 Å². The van der Waals surface area contributed by atoms with Crippen molar-refractivity contribution in [2.45, 2.75) is 44.6 Å². The quantitative estimate of drug-likeness (QED) is 0.470. The van der Waals surface area contributed by atoms with Crippen molar-refractivity contribution < 1.29 is 89.8 Å². The van der Waals surface area contributed by atoms with Crippen molar-refractivity contribution in [1.82, 2.24) is 0 Å². The standard InChI is InChI=1S/C9H14O4.Cs.H/c1-9(5-3-2-4-6-9)13-8(12)7(10)11;;/h2-6H2,1H3,(H,10,11);;/q;+1;-1. The third kappa shape index (κ3) is 4.67. The van der Waals surface area contributed by atoms with E-state index in [9.17, 15) is 9.59 Å². The van der Waals surface area contributed by atoms with E-state index in [0.717, 1.165) is 32.1 Å². The van der Waals surface area contributed by atoms with Crippen LogP contribution >= 0.6 is 0 Å². The van der Waals surface area contributed by atoms with Gasteiger partial charge >= 0.3 is 80.8 Å². The third-order valence-corrected chi connectivity index (χ3v) is 2.42. The maximum Gasteiger partial charge on any atom is 1.00 e. The number of hydrogen-bond donors (Lipinski definition) is 1. The maximum atomic E-state index is 10.8. The molecule has 14 heavy (non-hydrogen) atoms. The van der Waals surface area contributed by atoms with Gasteiger partial charge in [-0.25, -0.2) is 9.59 Å². The van der Waals surface area contributed by atoms with E-state index >= 15 is 0 Å². The van der Waals surface area contributed by atoms with E-state index in [1.54, 1.807) is 6.92 Å². The Morgan fingerprint density at radius 3 is 2.21 bits per heavy atom. The number of esters is 1. The minimum absolute atomic E-state index is 0. The van der Waals surface area contributed by atoms with E-state index in [0.29, 0.717) is 0 Å². The Balaban J connectivity index is 0. The summed E-state index contributed by atoms with van der Waals surface area (Å²) in [5, 5.41) is 8.35. The number of carbonyl (C=O) groups is 2. The Kier molecular flexibility index (Phi) is 7.01. The molecule has 0 aromatic rings. The summed E-state index contributed by atoms with van der Waals surface area (Å²) < 4.78 is 4.90. The first kappa shape index (κ1) is 15.0. The van der Waals surface area contributed by atoms with Crippen LogP contribution in [0.5, 0.6) is 0 Å². The molecule has 0 saturated heterocycles. The summed E-state index contributed by atoms with van der Waals surface area (Å²) in [6.07, 6.45) is 4.69. The average Bonchev–Trinajstić information content (AvgIpc) is 2.04. The minimum atomic E-state index is -1.51. The van der Waals surface area contributed by atoms with Gasteiger partial charge in [0.2, 0.25) is 0 Å². The van der Waals surface area contributed by atoms with Crippen molar-refractivity contribution in [2.75, 3.05) is 0 Å². The fourth-order valence-corrected chi connectivity index (χ4v) is 1.67. The molecule has 0 radical (unpaired) electrons. The fourth-order valence-electron chi connectivity index (χ4n) is 1.67. The van der Waals surface area contributed by atoms with Gasteiger partial charge < -0.3 is 11.3 Å². The molecule has 1 aliphatic carbocycles. The first-order valence-electron chi connectivity index (χ1n) is 4.50. The van der Waals surface area contributed by atoms with E-state index in [1.807, 2.05) is 0 Å². The van der Waals surface area contributed by atoms with Gasteiger partial charge in [0.05, 0.1) is 0 Å². The molecule has 0 atom stereocenters. The van der Waals surface area contributed by atoms with Crippen LogP contribution in [0.3, 0.4) is 0 Å². The smallest absolute Gasteiger partial charge is 1.00 e. The molecule has 0 aromatic carbocycles. The topological polar surface area (TPSA) is 63.6 Å². The normalized spacial score (nSPS) is 19.2. The van der Waals surface area contributed by atoms with Gasteiger partial charge in [-0.1, -0.05) is 6.42 Å². The molecule has 5 heteroatoms. The number of carboxylic acid groups (broad SMARTS) is 1. The minimum Gasteiger partial charge on any atom is -1.00 e. The van der Waals surface area contributed by atoms with Gasteiger partial charge in [-0.05, 0) is 32.6 Å². The van der Waals surface area contributed by atoms with Crippen molar-refractivity contribution in [1.29, 1.82) is 0 Å². The molecule has 0 spiro atoms. The fraction of sp³-hybridized carbons (Fsp3) is 0.778. The first-order valence-corrected chi connectivity index (χ1v) is 4.50. The molecular formula is C9H15CsO4. The zero-order valence-electron chi connectivity index (χ0n) is 9.71. The molecular weight excluding hydrogens is 305 g/mol. The van der Waals surface area contributed by atoms with Crippen LogP contribution in [0.2, 0.25) is 0 Å². The predicted octanol–water partition coefficient (Wildman–Crippen LogP) is -1.55. The van der Waals surface area contributed by atoms with Gasteiger partial charge in [0.25, 0.3) is 0 Å². The molecule has 1 fully saturated rings. The Morgan fingerprint density at radius 1 is 1.29 bits per heavy atom. The zero-order chi connectivity index (χ0) is 9.90. The number of aliphatic carboxylic acids is 1. The van der Waals surface area contributed by atoms with Gasteiger partial charge in [0.15, 0.2) is 0 Å². The van der Waals surface area contributed by atoms with Crippen LogP contribution in [-0.4, -0.2) is 22.6 Å². The Hall–Kier alpha value is 0.992. The van der Waals surface area contributed by atoms with Gasteiger partial charge in [-0.3, -0.25) is 0 Å². The predicted molar refractivity (Wildman–Crippen MR) is 46.3 cm³/mol. The molecule has 0 aromatic heterocycles. The van der Waals surface area contributed by atoms with E-state index in [1.165, 1.54) is 0 Å². The first-order chi connectivity index (χ1) is 6.03. The van der Waals surface area contributed by atoms with Gasteiger partial charge in [-0.15, -0.1) is 0 Å². The van der Waals surface area contributed by atoms with Crippen molar-refractivity contribution in [3.05, 3.63) is 0 Å². The Labute approximate surface area is 144 Å². The molecule has 0 amide bonds. The number of carboxylic acids is 1. The van der Waals surface area contributed by atoms with Crippen molar-refractivity contribution in [3.63, 3.8) is 0 Å². The Morgan fingerprint density at radius 2 is 1.79 bits per heavy atom. The van der Waals surface area contributed by atoms with E-state index in [4.69, 9.17) is 9.84 Å². The van der Waals surface area contributed by atoms with Crippen LogP contribution in [-0.2, 0) is 14.3 Å². The molecule has 76 valence electrons. The van der Waals surface area contributed by atoms with Crippen LogP contribution < -0.4 is 68.9 Å². The second-order valence-electron chi connectivity index (χ2n) is 3.71. The van der Waals surface area contributed by atoms with Crippen LogP contribution in [0.25, 0.3) is 0 Å². The van der Waals surface area contributed by atoms with Gasteiger partial charge in [0.1, 0.15) is 5.60 Å². The summed E-state index contributed by atoms with van der Waals surface area (Å²) in [6, 6.07) is 0. The summed E-state index contributed by atoms with van der Waals surface area (Å²) >= 11 is 0. The number of hydrogen-bond acceptors (Lipinski definition) is 3. The van der Waals surface area contributed by atoms with E-state index in [2.05, 4.69) is 0 Å². The molecule has 1 N–H and O–H groups in total.